The van der Waals surface area contributed by atoms with Crippen molar-refractivity contribution in [2.24, 2.45) is 0 Å². The van der Waals surface area contributed by atoms with Gasteiger partial charge in [0, 0.05) is 18.8 Å². The first-order valence-electron chi connectivity index (χ1n) is 5.54. The van der Waals surface area contributed by atoms with E-state index < -0.39 is 11.4 Å². The number of benzene rings is 1. The summed E-state index contributed by atoms with van der Waals surface area (Å²) in [6.45, 7) is 3.32. The molecule has 0 heterocycles. The van der Waals surface area contributed by atoms with Crippen LogP contribution in [0.25, 0.3) is 0 Å². The van der Waals surface area contributed by atoms with Crippen LogP contribution in [0, 0.1) is 10.1 Å². The maximum absolute atomic E-state index is 10.5. The molecule has 100 valence electrons. The third-order valence-electron chi connectivity index (χ3n) is 2.27. The number of nitro benzene ring substituents is 1. The van der Waals surface area contributed by atoms with Crippen LogP contribution >= 0.6 is 6.49 Å². The molecular formula is C11H16NO4PS. The lowest BCUT2D eigenvalue weighted by Gasteiger charge is -2.22. The molecule has 0 aliphatic carbocycles. The normalized spacial score (nSPS) is 15.7. The van der Waals surface area contributed by atoms with E-state index >= 15 is 0 Å². The Kier molecular flexibility index (Phi) is 5.26. The fourth-order valence-corrected chi connectivity index (χ4v) is 3.29. The molecule has 0 fully saturated rings. The van der Waals surface area contributed by atoms with Gasteiger partial charge in [-0.25, -0.2) is 0 Å². The minimum Gasteiger partial charge on any atom is -0.444 e. The zero-order valence-corrected chi connectivity index (χ0v) is 12.2. The molecule has 1 aromatic rings. The monoisotopic (exact) mass is 289 g/mol. The highest BCUT2D eigenvalue weighted by Crippen LogP contribution is 2.46. The Morgan fingerprint density at radius 2 is 2.00 bits per heavy atom. The molecule has 0 spiro atoms. The van der Waals surface area contributed by atoms with Crippen molar-refractivity contribution in [1.29, 1.82) is 0 Å². The molecule has 0 aromatic heterocycles. The molecule has 7 heteroatoms. The van der Waals surface area contributed by atoms with Crippen LogP contribution in [0.2, 0.25) is 0 Å². The lowest BCUT2D eigenvalue weighted by atomic mass is 10.3. The molecule has 1 unspecified atom stereocenters. The Hall–Kier alpha value is -0.970. The summed E-state index contributed by atoms with van der Waals surface area (Å²) in [4.78, 5) is 10.1. The fourth-order valence-electron chi connectivity index (χ4n) is 1.24. The van der Waals surface area contributed by atoms with E-state index in [2.05, 4.69) is 0 Å². The molecular weight excluding hydrogens is 273 g/mol. The van der Waals surface area contributed by atoms with Gasteiger partial charge in [0.05, 0.1) is 11.0 Å². The van der Waals surface area contributed by atoms with Gasteiger partial charge in [0.15, 0.2) is 0 Å². The van der Waals surface area contributed by atoms with E-state index in [1.165, 1.54) is 24.3 Å². The Balaban J connectivity index is 2.72. The summed E-state index contributed by atoms with van der Waals surface area (Å²) in [7, 11) is 0. The predicted octanol–water partition coefficient (Wildman–Crippen LogP) is 3.73. The van der Waals surface area contributed by atoms with Crippen molar-refractivity contribution in [3.63, 3.8) is 0 Å². The third-order valence-corrected chi connectivity index (χ3v) is 4.03. The van der Waals surface area contributed by atoms with Crippen molar-refractivity contribution in [3.8, 4) is 5.75 Å². The van der Waals surface area contributed by atoms with Gasteiger partial charge in [-0.1, -0.05) is 6.92 Å². The Morgan fingerprint density at radius 1 is 1.44 bits per heavy atom. The van der Waals surface area contributed by atoms with Crippen molar-refractivity contribution in [3.05, 3.63) is 34.4 Å². The summed E-state index contributed by atoms with van der Waals surface area (Å²) in [5, 5.41) is 10.5. The van der Waals surface area contributed by atoms with Crippen LogP contribution in [0.4, 0.5) is 5.69 Å². The quantitative estimate of drug-likeness (QED) is 0.453. The second-order valence-corrected chi connectivity index (χ2v) is 7.86. The van der Waals surface area contributed by atoms with Crippen LogP contribution in [-0.4, -0.2) is 17.7 Å². The second-order valence-electron chi connectivity index (χ2n) is 3.94. The largest absolute Gasteiger partial charge is 0.444 e. The number of rotatable bonds is 6. The minimum absolute atomic E-state index is 0.0228. The molecule has 2 atom stereocenters. The van der Waals surface area contributed by atoms with Crippen molar-refractivity contribution < 1.29 is 14.0 Å². The standard InChI is InChI=1S/C11H16NO4PS/c1-4-9(2)15-17(3,18)16-11-7-5-10(6-8-11)12(13)14/h5-9H,4H2,1-3H3/t9-,17?/m0/s1. The smallest absolute Gasteiger partial charge is 0.269 e. The van der Waals surface area contributed by atoms with E-state index in [4.69, 9.17) is 20.9 Å². The van der Waals surface area contributed by atoms with Crippen molar-refractivity contribution >= 4 is 24.0 Å². The molecule has 0 aliphatic rings. The average Bonchev–Trinajstić information content (AvgIpc) is 2.28. The van der Waals surface area contributed by atoms with Gasteiger partial charge >= 0.3 is 0 Å². The van der Waals surface area contributed by atoms with Gasteiger partial charge in [-0.15, -0.1) is 0 Å². The van der Waals surface area contributed by atoms with Crippen molar-refractivity contribution in [2.45, 2.75) is 26.4 Å². The van der Waals surface area contributed by atoms with Gasteiger partial charge in [-0.05, 0) is 37.3 Å². The van der Waals surface area contributed by atoms with Crippen LogP contribution in [0.3, 0.4) is 0 Å². The average molecular weight is 289 g/mol. The van der Waals surface area contributed by atoms with Crippen LogP contribution in [0.1, 0.15) is 20.3 Å². The minimum atomic E-state index is -2.36. The first kappa shape index (κ1) is 15.1. The lowest BCUT2D eigenvalue weighted by molar-refractivity contribution is -0.384. The highest BCUT2D eigenvalue weighted by molar-refractivity contribution is 8.09. The number of nitro groups is 1. The first-order chi connectivity index (χ1) is 8.34. The van der Waals surface area contributed by atoms with Gasteiger partial charge in [0.2, 0.25) is 6.49 Å². The maximum Gasteiger partial charge on any atom is 0.269 e. The van der Waals surface area contributed by atoms with Gasteiger partial charge in [-0.3, -0.25) is 10.1 Å². The molecule has 1 aromatic carbocycles. The van der Waals surface area contributed by atoms with Crippen molar-refractivity contribution in [2.75, 3.05) is 6.66 Å². The highest BCUT2D eigenvalue weighted by atomic mass is 32.5. The summed E-state index contributed by atoms with van der Waals surface area (Å²) in [5.41, 5.74) is 0.0228. The van der Waals surface area contributed by atoms with Gasteiger partial charge in [0.25, 0.3) is 5.69 Å². The van der Waals surface area contributed by atoms with E-state index in [0.717, 1.165) is 6.42 Å². The van der Waals surface area contributed by atoms with E-state index in [0.29, 0.717) is 5.75 Å². The Bertz CT molecular complexity index is 463. The molecule has 18 heavy (non-hydrogen) atoms. The van der Waals surface area contributed by atoms with Crippen LogP contribution in [0.15, 0.2) is 24.3 Å². The van der Waals surface area contributed by atoms with Crippen LogP contribution in [-0.2, 0) is 16.3 Å². The number of hydrogen-bond donors (Lipinski definition) is 0. The molecule has 5 nitrogen and oxygen atoms in total. The van der Waals surface area contributed by atoms with Gasteiger partial charge in [-0.2, -0.15) is 0 Å². The number of hydrogen-bond acceptors (Lipinski definition) is 5. The van der Waals surface area contributed by atoms with E-state index in [-0.39, 0.29) is 11.8 Å². The molecule has 0 bridgehead atoms. The molecule has 0 N–H and O–H groups in total. The summed E-state index contributed by atoms with van der Waals surface area (Å²) in [6.07, 6.45) is 0.898. The molecule has 0 amide bonds. The summed E-state index contributed by atoms with van der Waals surface area (Å²) in [5.74, 6) is 0.495. The van der Waals surface area contributed by atoms with E-state index in [1.54, 1.807) is 6.66 Å². The molecule has 0 aliphatic heterocycles. The van der Waals surface area contributed by atoms with Crippen molar-refractivity contribution in [1.82, 2.24) is 0 Å². The SMILES string of the molecule is CC[C@H](C)OP(C)(=S)Oc1ccc([N+](=O)[O-])cc1. The first-order valence-corrected chi connectivity index (χ1v) is 8.62. The van der Waals surface area contributed by atoms with E-state index in [9.17, 15) is 10.1 Å². The Labute approximate surface area is 111 Å². The second kappa shape index (κ2) is 6.27. The summed E-state index contributed by atoms with van der Waals surface area (Å²) in [6, 6.07) is 5.83. The maximum atomic E-state index is 10.5. The van der Waals surface area contributed by atoms with Crippen LogP contribution in [0.5, 0.6) is 5.75 Å². The van der Waals surface area contributed by atoms with Gasteiger partial charge < -0.3 is 9.05 Å². The third kappa shape index (κ3) is 4.72. The highest BCUT2D eigenvalue weighted by Gasteiger charge is 2.17. The number of nitrogens with zero attached hydrogens (tertiary/aromatic N) is 1. The summed E-state index contributed by atoms with van der Waals surface area (Å²) >= 11 is 5.29. The zero-order valence-electron chi connectivity index (χ0n) is 10.5. The lowest BCUT2D eigenvalue weighted by Crippen LogP contribution is -2.06. The number of non-ortho nitro benzene ring substituents is 1. The molecule has 1 rings (SSSR count). The molecule has 0 radical (unpaired) electrons. The van der Waals surface area contributed by atoms with E-state index in [1.807, 2.05) is 13.8 Å². The zero-order chi connectivity index (χ0) is 13.8. The summed E-state index contributed by atoms with van der Waals surface area (Å²) < 4.78 is 11.2. The van der Waals surface area contributed by atoms with Gasteiger partial charge in [0.1, 0.15) is 5.75 Å². The fraction of sp³-hybridized carbons (Fsp3) is 0.455. The predicted molar refractivity (Wildman–Crippen MR) is 74.8 cm³/mol. The molecule has 0 saturated carbocycles. The van der Waals surface area contributed by atoms with Crippen LogP contribution < -0.4 is 4.52 Å². The topological polar surface area (TPSA) is 61.6 Å². The molecule has 0 saturated heterocycles. The Morgan fingerprint density at radius 3 is 2.44 bits per heavy atom.